The molecule has 1 atom stereocenters. The lowest BCUT2D eigenvalue weighted by Crippen LogP contribution is -2.36. The van der Waals surface area contributed by atoms with E-state index in [1.807, 2.05) is 25.1 Å². The van der Waals surface area contributed by atoms with Crippen LogP contribution in [0, 0.1) is 11.3 Å². The minimum absolute atomic E-state index is 0.0585. The van der Waals surface area contributed by atoms with Crippen molar-refractivity contribution < 1.29 is 9.53 Å². The number of Topliss-reactive ketones (excluding diaryl/α,β-unsaturated/α-hetero) is 1. The van der Waals surface area contributed by atoms with Crippen LogP contribution in [0.15, 0.2) is 24.3 Å². The highest BCUT2D eigenvalue weighted by Crippen LogP contribution is 2.34. The predicted molar refractivity (Wildman–Crippen MR) is 75.2 cm³/mol. The van der Waals surface area contributed by atoms with Crippen LogP contribution >= 0.6 is 11.6 Å². The maximum absolute atomic E-state index is 12.4. The van der Waals surface area contributed by atoms with Gasteiger partial charge in [-0.15, -0.1) is 0 Å². The Morgan fingerprint density at radius 2 is 2.05 bits per heavy atom. The summed E-state index contributed by atoms with van der Waals surface area (Å²) < 4.78 is 5.11. The number of benzene rings is 1. The standard InChI is InChI=1S/C15H18ClNO2/c1-3-15(9-11-19-2,14(18)8-10-17)12-4-6-13(16)7-5-12/h4-7H,3,8-9,11H2,1-2H3. The Morgan fingerprint density at radius 1 is 1.42 bits per heavy atom. The Morgan fingerprint density at radius 3 is 2.53 bits per heavy atom. The quantitative estimate of drug-likeness (QED) is 0.767. The highest BCUT2D eigenvalue weighted by atomic mass is 35.5. The second-order valence-corrected chi connectivity index (χ2v) is 4.88. The van der Waals surface area contributed by atoms with Crippen molar-refractivity contribution in [3.05, 3.63) is 34.9 Å². The fourth-order valence-corrected chi connectivity index (χ4v) is 2.44. The van der Waals surface area contributed by atoms with E-state index in [2.05, 4.69) is 0 Å². The molecule has 3 nitrogen and oxygen atoms in total. The van der Waals surface area contributed by atoms with Crippen molar-refractivity contribution in [2.75, 3.05) is 13.7 Å². The van der Waals surface area contributed by atoms with Gasteiger partial charge in [0.2, 0.25) is 0 Å². The maximum atomic E-state index is 12.4. The van der Waals surface area contributed by atoms with E-state index in [4.69, 9.17) is 21.6 Å². The molecular weight excluding hydrogens is 262 g/mol. The van der Waals surface area contributed by atoms with E-state index in [0.717, 1.165) is 5.56 Å². The average molecular weight is 280 g/mol. The molecule has 0 aromatic heterocycles. The van der Waals surface area contributed by atoms with Crippen LogP contribution in [0.25, 0.3) is 0 Å². The minimum atomic E-state index is -0.656. The Kier molecular flexibility index (Phi) is 6.01. The minimum Gasteiger partial charge on any atom is -0.385 e. The van der Waals surface area contributed by atoms with E-state index < -0.39 is 5.41 Å². The van der Waals surface area contributed by atoms with Crippen molar-refractivity contribution in [2.24, 2.45) is 0 Å². The summed E-state index contributed by atoms with van der Waals surface area (Å²) in [6.45, 7) is 2.44. The van der Waals surface area contributed by atoms with Crippen molar-refractivity contribution in [3.8, 4) is 6.07 Å². The Labute approximate surface area is 119 Å². The van der Waals surface area contributed by atoms with Crippen LogP contribution in [0.5, 0.6) is 0 Å². The molecule has 0 bridgehead atoms. The van der Waals surface area contributed by atoms with Crippen molar-refractivity contribution in [1.82, 2.24) is 0 Å². The number of halogens is 1. The van der Waals surface area contributed by atoms with Crippen LogP contribution < -0.4 is 0 Å². The lowest BCUT2D eigenvalue weighted by atomic mass is 9.71. The number of nitrogens with zero attached hydrogens (tertiary/aromatic N) is 1. The van der Waals surface area contributed by atoms with Crippen LogP contribution in [-0.4, -0.2) is 19.5 Å². The topological polar surface area (TPSA) is 50.1 Å². The summed E-state index contributed by atoms with van der Waals surface area (Å²) in [6, 6.07) is 9.21. The second-order valence-electron chi connectivity index (χ2n) is 4.44. The number of ether oxygens (including phenoxy) is 1. The molecule has 0 aliphatic heterocycles. The lowest BCUT2D eigenvalue weighted by molar-refractivity contribution is -0.124. The van der Waals surface area contributed by atoms with Gasteiger partial charge < -0.3 is 4.74 Å². The normalized spacial score (nSPS) is 13.6. The SMILES string of the molecule is CCC(CCOC)(C(=O)CC#N)c1ccc(Cl)cc1. The van der Waals surface area contributed by atoms with Gasteiger partial charge in [-0.25, -0.2) is 0 Å². The van der Waals surface area contributed by atoms with Gasteiger partial charge in [-0.3, -0.25) is 4.79 Å². The highest BCUT2D eigenvalue weighted by Gasteiger charge is 2.37. The Hall–Kier alpha value is -1.37. The number of carbonyl (C=O) groups excluding carboxylic acids is 1. The van der Waals surface area contributed by atoms with Gasteiger partial charge in [0.25, 0.3) is 0 Å². The number of hydrogen-bond acceptors (Lipinski definition) is 3. The molecule has 0 fully saturated rings. The zero-order valence-corrected chi connectivity index (χ0v) is 12.0. The van der Waals surface area contributed by atoms with Crippen molar-refractivity contribution >= 4 is 17.4 Å². The number of carbonyl (C=O) groups is 1. The summed E-state index contributed by atoms with van der Waals surface area (Å²) in [5.74, 6) is -0.0585. The van der Waals surface area contributed by atoms with Crippen LogP contribution in [-0.2, 0) is 14.9 Å². The molecule has 0 aliphatic carbocycles. The van der Waals surface area contributed by atoms with E-state index in [0.29, 0.717) is 24.5 Å². The fraction of sp³-hybridized carbons (Fsp3) is 0.467. The molecule has 1 aromatic carbocycles. The van der Waals surface area contributed by atoms with Crippen LogP contribution in [0.4, 0.5) is 0 Å². The van der Waals surface area contributed by atoms with E-state index in [-0.39, 0.29) is 12.2 Å². The van der Waals surface area contributed by atoms with Gasteiger partial charge in [0.05, 0.1) is 17.9 Å². The van der Waals surface area contributed by atoms with Crippen LogP contribution in [0.1, 0.15) is 31.7 Å². The molecule has 0 heterocycles. The average Bonchev–Trinajstić information content (AvgIpc) is 2.42. The zero-order valence-electron chi connectivity index (χ0n) is 11.3. The van der Waals surface area contributed by atoms with Gasteiger partial charge in [0.15, 0.2) is 5.78 Å². The third kappa shape index (κ3) is 3.56. The molecule has 1 rings (SSSR count). The number of rotatable bonds is 7. The van der Waals surface area contributed by atoms with Crippen molar-refractivity contribution in [1.29, 1.82) is 5.26 Å². The molecule has 0 spiro atoms. The van der Waals surface area contributed by atoms with Crippen LogP contribution in [0.2, 0.25) is 5.02 Å². The largest absolute Gasteiger partial charge is 0.385 e. The molecule has 19 heavy (non-hydrogen) atoms. The lowest BCUT2D eigenvalue weighted by Gasteiger charge is -2.31. The first-order valence-electron chi connectivity index (χ1n) is 6.26. The van der Waals surface area contributed by atoms with Gasteiger partial charge in [0.1, 0.15) is 0 Å². The van der Waals surface area contributed by atoms with Crippen molar-refractivity contribution in [3.63, 3.8) is 0 Å². The Balaban J connectivity index is 3.19. The number of nitriles is 1. The molecule has 0 amide bonds. The first kappa shape index (κ1) is 15.7. The molecule has 0 N–H and O–H groups in total. The van der Waals surface area contributed by atoms with E-state index >= 15 is 0 Å². The molecule has 102 valence electrons. The molecular formula is C15H18ClNO2. The number of methoxy groups -OCH3 is 1. The molecule has 4 heteroatoms. The molecule has 0 aliphatic rings. The second kappa shape index (κ2) is 7.28. The van der Waals surface area contributed by atoms with E-state index in [1.54, 1.807) is 19.2 Å². The maximum Gasteiger partial charge on any atom is 0.157 e. The van der Waals surface area contributed by atoms with Gasteiger partial charge in [-0.1, -0.05) is 30.7 Å². The summed E-state index contributed by atoms with van der Waals surface area (Å²) in [5, 5.41) is 9.42. The van der Waals surface area contributed by atoms with E-state index in [9.17, 15) is 4.79 Å². The first-order chi connectivity index (χ1) is 9.10. The number of hydrogen-bond donors (Lipinski definition) is 0. The predicted octanol–water partition coefficient (Wildman–Crippen LogP) is 3.51. The summed E-state index contributed by atoms with van der Waals surface area (Å²) >= 11 is 5.89. The zero-order chi connectivity index (χ0) is 14.3. The highest BCUT2D eigenvalue weighted by molar-refractivity contribution is 6.30. The molecule has 0 radical (unpaired) electrons. The van der Waals surface area contributed by atoms with Gasteiger partial charge in [0, 0.05) is 18.7 Å². The van der Waals surface area contributed by atoms with E-state index in [1.165, 1.54) is 0 Å². The fourth-order valence-electron chi connectivity index (χ4n) is 2.31. The number of ketones is 1. The third-order valence-corrected chi connectivity index (χ3v) is 3.76. The van der Waals surface area contributed by atoms with Gasteiger partial charge in [-0.2, -0.15) is 5.26 Å². The monoisotopic (exact) mass is 279 g/mol. The molecule has 0 saturated carbocycles. The smallest absolute Gasteiger partial charge is 0.157 e. The summed E-state index contributed by atoms with van der Waals surface area (Å²) in [5.41, 5.74) is 0.243. The first-order valence-corrected chi connectivity index (χ1v) is 6.63. The third-order valence-electron chi connectivity index (χ3n) is 3.51. The van der Waals surface area contributed by atoms with Gasteiger partial charge in [-0.05, 0) is 30.5 Å². The Bertz CT molecular complexity index is 464. The summed E-state index contributed by atoms with van der Waals surface area (Å²) in [7, 11) is 1.61. The molecule has 0 saturated heterocycles. The molecule has 1 unspecified atom stereocenters. The van der Waals surface area contributed by atoms with Gasteiger partial charge >= 0.3 is 0 Å². The van der Waals surface area contributed by atoms with Crippen molar-refractivity contribution in [2.45, 2.75) is 31.6 Å². The van der Waals surface area contributed by atoms with Crippen LogP contribution in [0.3, 0.4) is 0 Å². The molecule has 1 aromatic rings. The summed E-state index contributed by atoms with van der Waals surface area (Å²) in [6.07, 6.45) is 1.13. The summed E-state index contributed by atoms with van der Waals surface area (Å²) in [4.78, 5) is 12.4.